The Hall–Kier alpha value is -2.70. The van der Waals surface area contributed by atoms with Crippen molar-refractivity contribution in [3.63, 3.8) is 0 Å². The van der Waals surface area contributed by atoms with E-state index in [-0.39, 0.29) is 17.7 Å². The van der Waals surface area contributed by atoms with Crippen LogP contribution in [0.5, 0.6) is 0 Å². The Kier molecular flexibility index (Phi) is 5.99. The van der Waals surface area contributed by atoms with Gasteiger partial charge in [-0.15, -0.1) is 0 Å². The molecule has 2 aromatic rings. The standard InChI is InChI=1S/C19H25N5O2/c1-15(12-24-14-20-13-21-24)18(25)22-17-9-5-4-8-16(17)19(26)23-10-6-2-3-7-11-23/h4-5,8-9,13-15H,2-3,6-7,10-12H2,1H3,(H,22,25)/t15-/m1/s1. The molecule has 1 N–H and O–H groups in total. The van der Waals surface area contributed by atoms with Gasteiger partial charge in [0.2, 0.25) is 5.91 Å². The van der Waals surface area contributed by atoms with Gasteiger partial charge in [-0.05, 0) is 25.0 Å². The first-order valence-electron chi connectivity index (χ1n) is 9.16. The van der Waals surface area contributed by atoms with Crippen molar-refractivity contribution in [1.29, 1.82) is 0 Å². The number of hydrogen-bond acceptors (Lipinski definition) is 4. The average molecular weight is 355 g/mol. The lowest BCUT2D eigenvalue weighted by atomic mass is 10.1. The first-order valence-corrected chi connectivity index (χ1v) is 9.16. The van der Waals surface area contributed by atoms with Crippen molar-refractivity contribution in [3.05, 3.63) is 42.5 Å². The van der Waals surface area contributed by atoms with Crippen LogP contribution in [0.4, 0.5) is 5.69 Å². The van der Waals surface area contributed by atoms with Crippen LogP contribution >= 0.6 is 0 Å². The van der Waals surface area contributed by atoms with E-state index in [2.05, 4.69) is 15.4 Å². The Bertz CT molecular complexity index is 736. The number of carbonyl (C=O) groups is 2. The number of likely N-dealkylation sites (tertiary alicyclic amines) is 1. The maximum atomic E-state index is 12.9. The fourth-order valence-electron chi connectivity index (χ4n) is 3.17. The largest absolute Gasteiger partial charge is 0.339 e. The second-order valence-corrected chi connectivity index (χ2v) is 6.76. The number of nitrogens with zero attached hydrogens (tertiary/aromatic N) is 4. The van der Waals surface area contributed by atoms with E-state index >= 15 is 0 Å². The van der Waals surface area contributed by atoms with E-state index in [0.717, 1.165) is 25.9 Å². The second-order valence-electron chi connectivity index (χ2n) is 6.76. The van der Waals surface area contributed by atoms with Gasteiger partial charge in [0.15, 0.2) is 0 Å². The molecule has 26 heavy (non-hydrogen) atoms. The summed E-state index contributed by atoms with van der Waals surface area (Å²) >= 11 is 0. The van der Waals surface area contributed by atoms with Crippen molar-refractivity contribution in [1.82, 2.24) is 19.7 Å². The molecular weight excluding hydrogens is 330 g/mol. The number of aromatic nitrogens is 3. The summed E-state index contributed by atoms with van der Waals surface area (Å²) in [6.07, 6.45) is 7.44. The van der Waals surface area contributed by atoms with Crippen molar-refractivity contribution >= 4 is 17.5 Å². The van der Waals surface area contributed by atoms with E-state index in [1.165, 1.54) is 19.2 Å². The minimum Gasteiger partial charge on any atom is -0.339 e. The number of hydrogen-bond donors (Lipinski definition) is 1. The first-order chi connectivity index (χ1) is 12.6. The molecule has 0 saturated carbocycles. The molecule has 1 saturated heterocycles. The fourth-order valence-corrected chi connectivity index (χ4v) is 3.17. The number of amides is 2. The third-order valence-corrected chi connectivity index (χ3v) is 4.68. The highest BCUT2D eigenvalue weighted by Gasteiger charge is 2.22. The zero-order valence-electron chi connectivity index (χ0n) is 15.1. The van der Waals surface area contributed by atoms with Gasteiger partial charge in [-0.1, -0.05) is 31.9 Å². The molecule has 0 unspecified atom stereocenters. The van der Waals surface area contributed by atoms with Gasteiger partial charge in [0, 0.05) is 13.1 Å². The molecule has 0 spiro atoms. The summed E-state index contributed by atoms with van der Waals surface area (Å²) in [5.74, 6) is -0.443. The number of rotatable bonds is 5. The van der Waals surface area contributed by atoms with Crippen molar-refractivity contribution in [2.75, 3.05) is 18.4 Å². The molecule has 2 heterocycles. The summed E-state index contributed by atoms with van der Waals surface area (Å²) in [5, 5.41) is 6.94. The van der Waals surface area contributed by atoms with Crippen LogP contribution in [0.2, 0.25) is 0 Å². The van der Waals surface area contributed by atoms with E-state index in [1.54, 1.807) is 23.1 Å². The number of nitrogens with one attached hydrogen (secondary N) is 1. The topological polar surface area (TPSA) is 80.1 Å². The highest BCUT2D eigenvalue weighted by Crippen LogP contribution is 2.20. The van der Waals surface area contributed by atoms with E-state index in [9.17, 15) is 9.59 Å². The van der Waals surface area contributed by atoms with E-state index in [1.807, 2.05) is 24.0 Å². The summed E-state index contributed by atoms with van der Waals surface area (Å²) < 4.78 is 1.62. The molecule has 138 valence electrons. The monoisotopic (exact) mass is 355 g/mol. The molecule has 1 aliphatic heterocycles. The van der Waals surface area contributed by atoms with Gasteiger partial charge < -0.3 is 10.2 Å². The average Bonchev–Trinajstić information content (AvgIpc) is 3.01. The normalized spacial score (nSPS) is 16.0. The Labute approximate surface area is 153 Å². The molecular formula is C19H25N5O2. The molecule has 3 rings (SSSR count). The predicted octanol–water partition coefficient (Wildman–Crippen LogP) is 2.57. The summed E-state index contributed by atoms with van der Waals surface area (Å²) in [6.45, 7) is 3.83. The minimum atomic E-state index is -0.293. The van der Waals surface area contributed by atoms with E-state index in [0.29, 0.717) is 17.8 Å². The molecule has 0 aliphatic carbocycles. The molecule has 2 amide bonds. The molecule has 1 atom stereocenters. The van der Waals surface area contributed by atoms with Gasteiger partial charge in [-0.3, -0.25) is 14.3 Å². The van der Waals surface area contributed by atoms with Crippen molar-refractivity contribution in [2.24, 2.45) is 5.92 Å². The third kappa shape index (κ3) is 4.47. The lowest BCUT2D eigenvalue weighted by Crippen LogP contribution is -2.33. The van der Waals surface area contributed by atoms with Gasteiger partial charge >= 0.3 is 0 Å². The van der Waals surface area contributed by atoms with Crippen molar-refractivity contribution in [2.45, 2.75) is 39.2 Å². The molecule has 1 aromatic heterocycles. The van der Waals surface area contributed by atoms with Crippen LogP contribution in [0.15, 0.2) is 36.9 Å². The molecule has 1 aliphatic rings. The summed E-state index contributed by atoms with van der Waals surface area (Å²) in [6, 6.07) is 7.23. The number of anilines is 1. The van der Waals surface area contributed by atoms with Crippen LogP contribution in [0.25, 0.3) is 0 Å². The fraction of sp³-hybridized carbons (Fsp3) is 0.474. The van der Waals surface area contributed by atoms with Crippen molar-refractivity contribution in [3.8, 4) is 0 Å². The zero-order valence-corrected chi connectivity index (χ0v) is 15.1. The summed E-state index contributed by atoms with van der Waals surface area (Å²) in [5.41, 5.74) is 1.12. The van der Waals surface area contributed by atoms with Crippen LogP contribution in [-0.2, 0) is 11.3 Å². The van der Waals surface area contributed by atoms with Gasteiger partial charge in [0.25, 0.3) is 5.91 Å². The second kappa shape index (κ2) is 8.60. The predicted molar refractivity (Wildman–Crippen MR) is 98.6 cm³/mol. The van der Waals surface area contributed by atoms with Crippen molar-refractivity contribution < 1.29 is 9.59 Å². The Balaban J connectivity index is 1.70. The lowest BCUT2D eigenvalue weighted by molar-refractivity contribution is -0.119. The van der Waals surface area contributed by atoms with Crippen LogP contribution in [0.3, 0.4) is 0 Å². The van der Waals surface area contributed by atoms with E-state index in [4.69, 9.17) is 0 Å². The van der Waals surface area contributed by atoms with Gasteiger partial charge in [-0.2, -0.15) is 5.10 Å². The molecule has 1 fully saturated rings. The molecule has 0 radical (unpaired) electrons. The number of para-hydroxylation sites is 1. The number of carbonyl (C=O) groups excluding carboxylic acids is 2. The van der Waals surface area contributed by atoms with Gasteiger partial charge in [-0.25, -0.2) is 4.98 Å². The smallest absolute Gasteiger partial charge is 0.255 e. The van der Waals surface area contributed by atoms with Crippen LogP contribution in [0.1, 0.15) is 43.0 Å². The minimum absolute atomic E-state index is 0.00766. The van der Waals surface area contributed by atoms with Gasteiger partial charge in [0.1, 0.15) is 12.7 Å². The highest BCUT2D eigenvalue weighted by molar-refractivity contribution is 6.04. The van der Waals surface area contributed by atoms with Crippen LogP contribution < -0.4 is 5.32 Å². The zero-order chi connectivity index (χ0) is 18.4. The SMILES string of the molecule is C[C@H](Cn1cncn1)C(=O)Nc1ccccc1C(=O)N1CCCCCC1. The molecule has 7 heteroatoms. The van der Waals surface area contributed by atoms with Crippen LogP contribution in [-0.4, -0.2) is 44.6 Å². The highest BCUT2D eigenvalue weighted by atomic mass is 16.2. The summed E-state index contributed by atoms with van der Waals surface area (Å²) in [7, 11) is 0. The quantitative estimate of drug-likeness (QED) is 0.894. The Morgan fingerprint density at radius 2 is 1.88 bits per heavy atom. The Morgan fingerprint density at radius 3 is 2.58 bits per heavy atom. The lowest BCUT2D eigenvalue weighted by Gasteiger charge is -2.22. The Morgan fingerprint density at radius 1 is 1.15 bits per heavy atom. The maximum absolute atomic E-state index is 12.9. The van der Waals surface area contributed by atoms with E-state index < -0.39 is 0 Å². The molecule has 1 aromatic carbocycles. The first kappa shape index (κ1) is 18.1. The van der Waals surface area contributed by atoms with Gasteiger partial charge in [0.05, 0.1) is 23.7 Å². The molecule has 7 nitrogen and oxygen atoms in total. The third-order valence-electron chi connectivity index (χ3n) is 4.68. The molecule has 0 bridgehead atoms. The summed E-state index contributed by atoms with van der Waals surface area (Å²) in [4.78, 5) is 31.3. The number of benzene rings is 1. The van der Waals surface area contributed by atoms with Crippen LogP contribution in [0, 0.1) is 5.92 Å². The maximum Gasteiger partial charge on any atom is 0.255 e.